The second kappa shape index (κ2) is 9.20. The topological polar surface area (TPSA) is 102 Å². The minimum atomic E-state index is -0.450. The first-order chi connectivity index (χ1) is 16.8. The molecule has 1 amide bonds. The van der Waals surface area contributed by atoms with E-state index in [-0.39, 0.29) is 11.3 Å². The summed E-state index contributed by atoms with van der Waals surface area (Å²) in [4.78, 5) is 30.7. The van der Waals surface area contributed by atoms with Gasteiger partial charge in [0.05, 0.1) is 9.95 Å². The van der Waals surface area contributed by atoms with Gasteiger partial charge in [0.2, 0.25) is 5.89 Å². The highest BCUT2D eigenvalue weighted by molar-refractivity contribution is 6.38. The number of oxazole rings is 1. The van der Waals surface area contributed by atoms with E-state index in [4.69, 9.17) is 27.6 Å². The van der Waals surface area contributed by atoms with Gasteiger partial charge >= 0.3 is 0 Å². The molecule has 5 rings (SSSR count). The lowest BCUT2D eigenvalue weighted by Crippen LogP contribution is -2.20. The highest BCUT2D eigenvalue weighted by Crippen LogP contribution is 2.34. The smallest absolute Gasteiger partial charge is 0.293 e. The molecular weight excluding hydrogens is 491 g/mol. The molecule has 0 bridgehead atoms. The monoisotopic (exact) mass is 510 g/mol. The maximum atomic E-state index is 13.0. The fraction of sp³-hybridized carbons (Fsp3) is 0.200. The highest BCUT2D eigenvalue weighted by atomic mass is 35.5. The van der Waals surface area contributed by atoms with Crippen molar-refractivity contribution < 1.29 is 14.1 Å². The quantitative estimate of drug-likeness (QED) is 0.232. The molecule has 0 atom stereocenters. The van der Waals surface area contributed by atoms with E-state index in [2.05, 4.69) is 10.3 Å². The van der Waals surface area contributed by atoms with Gasteiger partial charge in [-0.05, 0) is 61.7 Å². The van der Waals surface area contributed by atoms with Crippen molar-refractivity contribution in [3.63, 3.8) is 0 Å². The zero-order valence-electron chi connectivity index (χ0n) is 18.7. The van der Waals surface area contributed by atoms with E-state index < -0.39 is 10.8 Å². The lowest BCUT2D eigenvalue weighted by Gasteiger charge is -2.18. The molecule has 1 aromatic heterocycles. The fourth-order valence-electron chi connectivity index (χ4n) is 4.20. The number of rotatable bonds is 5. The summed E-state index contributed by atoms with van der Waals surface area (Å²) in [5, 5.41) is 15.4. The van der Waals surface area contributed by atoms with Crippen LogP contribution < -0.4 is 10.2 Å². The number of nitrogens with zero attached hydrogens (tertiary/aromatic N) is 3. The van der Waals surface area contributed by atoms with Crippen LogP contribution in [0.25, 0.3) is 22.6 Å². The molecule has 8 nitrogen and oxygen atoms in total. The Hall–Kier alpha value is -3.62. The van der Waals surface area contributed by atoms with E-state index in [1.807, 2.05) is 24.0 Å². The SMILES string of the molecule is Cc1ccc(-c2nc3cc(Cl)cc(Cl)c3o2)cc1NC(=O)c1ccc(N2CCCC2)c([N+](=O)[O-])c1. The standard InChI is InChI=1S/C25H20Cl2N4O4/c1-14-4-5-16(25-29-20-13-17(26)12-18(27)23(20)35-25)10-19(14)28-24(32)15-6-7-21(22(11-15)31(33)34)30-8-2-3-9-30/h4-7,10-13H,2-3,8-9H2,1H3,(H,28,32). The third-order valence-corrected chi connectivity index (χ3v) is 6.52. The zero-order valence-corrected chi connectivity index (χ0v) is 20.2. The van der Waals surface area contributed by atoms with Crippen molar-refractivity contribution in [2.75, 3.05) is 23.3 Å². The molecule has 1 aliphatic rings. The predicted octanol–water partition coefficient (Wildman–Crippen LogP) is 6.87. The van der Waals surface area contributed by atoms with Crippen molar-refractivity contribution in [2.24, 2.45) is 0 Å². The highest BCUT2D eigenvalue weighted by Gasteiger charge is 2.24. The summed E-state index contributed by atoms with van der Waals surface area (Å²) in [6.07, 6.45) is 1.99. The van der Waals surface area contributed by atoms with Gasteiger partial charge in [0.15, 0.2) is 5.58 Å². The Bertz CT molecular complexity index is 1480. The van der Waals surface area contributed by atoms with Crippen molar-refractivity contribution in [3.8, 4) is 11.5 Å². The number of anilines is 2. The summed E-state index contributed by atoms with van der Waals surface area (Å²) >= 11 is 12.3. The molecule has 10 heteroatoms. The molecule has 1 fully saturated rings. The van der Waals surface area contributed by atoms with Gasteiger partial charge in [-0.1, -0.05) is 29.3 Å². The van der Waals surface area contributed by atoms with Crippen LogP contribution in [0.15, 0.2) is 52.9 Å². The second-order valence-electron chi connectivity index (χ2n) is 8.39. The number of nitro benzene ring substituents is 1. The minimum Gasteiger partial charge on any atom is -0.435 e. The molecule has 1 aliphatic heterocycles. The van der Waals surface area contributed by atoms with Gasteiger partial charge in [0.25, 0.3) is 11.6 Å². The van der Waals surface area contributed by atoms with Crippen LogP contribution in [0.5, 0.6) is 0 Å². The number of nitrogens with one attached hydrogen (secondary N) is 1. The number of benzene rings is 3. The van der Waals surface area contributed by atoms with Gasteiger partial charge in [-0.25, -0.2) is 4.98 Å². The first kappa shape index (κ1) is 23.1. The number of aryl methyl sites for hydroxylation is 1. The molecule has 4 aromatic rings. The van der Waals surface area contributed by atoms with Gasteiger partial charge in [-0.15, -0.1) is 0 Å². The van der Waals surface area contributed by atoms with Crippen LogP contribution in [0, 0.1) is 17.0 Å². The predicted molar refractivity (Wildman–Crippen MR) is 137 cm³/mol. The molecule has 0 aliphatic carbocycles. The summed E-state index contributed by atoms with van der Waals surface area (Å²) < 4.78 is 5.83. The first-order valence-corrected chi connectivity index (χ1v) is 11.8. The molecule has 1 saturated heterocycles. The number of amides is 1. The first-order valence-electron chi connectivity index (χ1n) is 11.0. The van der Waals surface area contributed by atoms with E-state index >= 15 is 0 Å². The molecule has 0 unspecified atom stereocenters. The molecule has 2 heterocycles. The van der Waals surface area contributed by atoms with Gasteiger partial charge in [-0.2, -0.15) is 0 Å². The average molecular weight is 511 g/mol. The Balaban J connectivity index is 1.44. The van der Waals surface area contributed by atoms with Crippen LogP contribution in [0.1, 0.15) is 28.8 Å². The minimum absolute atomic E-state index is 0.0768. The third kappa shape index (κ3) is 4.54. The van der Waals surface area contributed by atoms with E-state index in [0.29, 0.717) is 44.0 Å². The van der Waals surface area contributed by atoms with E-state index in [0.717, 1.165) is 31.5 Å². The number of fused-ring (bicyclic) bond motifs is 1. The average Bonchev–Trinajstić information content (AvgIpc) is 3.50. The number of halogens is 2. The van der Waals surface area contributed by atoms with Crippen LogP contribution in [-0.4, -0.2) is 28.9 Å². The maximum absolute atomic E-state index is 13.0. The summed E-state index contributed by atoms with van der Waals surface area (Å²) in [6, 6.07) is 13.2. The van der Waals surface area contributed by atoms with Gasteiger partial charge in [-0.3, -0.25) is 14.9 Å². The number of aromatic nitrogens is 1. The lowest BCUT2D eigenvalue weighted by molar-refractivity contribution is -0.384. The largest absolute Gasteiger partial charge is 0.435 e. The Kier molecular flexibility index (Phi) is 6.08. The molecule has 0 saturated carbocycles. The summed E-state index contributed by atoms with van der Waals surface area (Å²) in [7, 11) is 0. The maximum Gasteiger partial charge on any atom is 0.293 e. The van der Waals surface area contributed by atoms with Gasteiger partial charge in [0, 0.05) is 41.0 Å². The molecule has 0 spiro atoms. The Labute approximate surface area is 210 Å². The Morgan fingerprint density at radius 3 is 2.63 bits per heavy atom. The van der Waals surface area contributed by atoms with E-state index in [1.54, 1.807) is 30.3 Å². The normalized spacial score (nSPS) is 13.4. The van der Waals surface area contributed by atoms with E-state index in [9.17, 15) is 14.9 Å². The number of carbonyl (C=O) groups excluding carboxylic acids is 1. The second-order valence-corrected chi connectivity index (χ2v) is 9.24. The number of carbonyl (C=O) groups is 1. The Morgan fingerprint density at radius 2 is 1.89 bits per heavy atom. The van der Waals surface area contributed by atoms with E-state index in [1.165, 1.54) is 6.07 Å². The molecule has 1 N–H and O–H groups in total. The summed E-state index contributed by atoms with van der Waals surface area (Å²) in [5.41, 5.74) is 3.57. The zero-order chi connectivity index (χ0) is 24.7. The van der Waals surface area contributed by atoms with Gasteiger partial charge in [0.1, 0.15) is 11.2 Å². The molecule has 178 valence electrons. The van der Waals surface area contributed by atoms with Crippen LogP contribution in [0.3, 0.4) is 0 Å². The lowest BCUT2D eigenvalue weighted by atomic mass is 10.1. The number of hydrogen-bond donors (Lipinski definition) is 1. The third-order valence-electron chi connectivity index (χ3n) is 6.02. The number of hydrogen-bond acceptors (Lipinski definition) is 6. The van der Waals surface area contributed by atoms with Gasteiger partial charge < -0.3 is 14.6 Å². The molecule has 3 aromatic carbocycles. The summed E-state index contributed by atoms with van der Waals surface area (Å²) in [5.74, 6) is -0.126. The molecule has 0 radical (unpaired) electrons. The van der Waals surface area contributed by atoms with Crippen molar-refractivity contribution >= 4 is 57.3 Å². The van der Waals surface area contributed by atoms with Crippen LogP contribution >= 0.6 is 23.2 Å². The van der Waals surface area contributed by atoms with Crippen LogP contribution in [0.4, 0.5) is 17.1 Å². The van der Waals surface area contributed by atoms with Crippen LogP contribution in [-0.2, 0) is 0 Å². The van der Waals surface area contributed by atoms with Crippen molar-refractivity contribution in [3.05, 3.63) is 79.8 Å². The molecular formula is C25H20Cl2N4O4. The van der Waals surface area contributed by atoms with Crippen LogP contribution in [0.2, 0.25) is 10.0 Å². The Morgan fingerprint density at radius 1 is 1.11 bits per heavy atom. The summed E-state index contributed by atoms with van der Waals surface area (Å²) in [6.45, 7) is 3.39. The van der Waals surface area contributed by atoms with Crippen molar-refractivity contribution in [2.45, 2.75) is 19.8 Å². The molecule has 35 heavy (non-hydrogen) atoms. The fourth-order valence-corrected chi connectivity index (χ4v) is 4.73. The number of nitro groups is 1. The van der Waals surface area contributed by atoms with Crippen molar-refractivity contribution in [1.82, 2.24) is 4.98 Å². The van der Waals surface area contributed by atoms with Crippen molar-refractivity contribution in [1.29, 1.82) is 0 Å².